The van der Waals surface area contributed by atoms with E-state index in [1.54, 1.807) is 5.57 Å². The number of hydrogen-bond acceptors (Lipinski definition) is 2. The van der Waals surface area contributed by atoms with Crippen LogP contribution >= 0.6 is 0 Å². The number of carbonyl (C=O) groups excluding carboxylic acids is 1. The second-order valence-electron chi connectivity index (χ2n) is 8.38. The van der Waals surface area contributed by atoms with Crippen LogP contribution in [0.4, 0.5) is 0 Å². The Labute approximate surface area is 134 Å². The number of hydrogen-bond donors (Lipinski definition) is 0. The second-order valence-corrected chi connectivity index (χ2v) is 8.38. The minimum Gasteiger partial charge on any atom is -0.211 e. The molecule has 3 aliphatic carbocycles. The van der Waals surface area contributed by atoms with Gasteiger partial charge in [-0.1, -0.05) is 44.9 Å². The van der Waals surface area contributed by atoms with Gasteiger partial charge in [0.2, 0.25) is 6.08 Å². The fraction of sp³-hybridized carbons (Fsp3) is 0.750. The summed E-state index contributed by atoms with van der Waals surface area (Å²) in [6.07, 6.45) is 13.8. The van der Waals surface area contributed by atoms with Crippen LogP contribution in [0.3, 0.4) is 0 Å². The zero-order chi connectivity index (χ0) is 16.0. The van der Waals surface area contributed by atoms with Gasteiger partial charge in [0.25, 0.3) is 0 Å². The van der Waals surface area contributed by atoms with Crippen LogP contribution in [-0.4, -0.2) is 11.6 Å². The molecular weight excluding hydrogens is 270 g/mol. The van der Waals surface area contributed by atoms with Gasteiger partial charge in [0, 0.05) is 0 Å². The number of nitrogens with zero attached hydrogens (tertiary/aromatic N) is 1. The largest absolute Gasteiger partial charge is 0.235 e. The summed E-state index contributed by atoms with van der Waals surface area (Å²) in [6, 6.07) is 0. The molecular formula is C20H29NO. The summed E-state index contributed by atoms with van der Waals surface area (Å²) in [5.74, 6) is 1.79. The first-order chi connectivity index (χ1) is 10.4. The van der Waals surface area contributed by atoms with E-state index in [-0.39, 0.29) is 11.0 Å². The van der Waals surface area contributed by atoms with Gasteiger partial charge in [-0.3, -0.25) is 0 Å². The van der Waals surface area contributed by atoms with Gasteiger partial charge in [0.1, 0.15) is 0 Å². The van der Waals surface area contributed by atoms with Crippen molar-refractivity contribution in [1.82, 2.24) is 0 Å². The molecule has 0 aromatic carbocycles. The zero-order valence-corrected chi connectivity index (χ0v) is 14.5. The molecule has 0 radical (unpaired) electrons. The Kier molecular flexibility index (Phi) is 3.93. The summed E-state index contributed by atoms with van der Waals surface area (Å²) in [5, 5.41) is 0. The first kappa shape index (κ1) is 15.7. The molecule has 0 aromatic rings. The smallest absolute Gasteiger partial charge is 0.211 e. The van der Waals surface area contributed by atoms with Crippen LogP contribution < -0.4 is 0 Å². The van der Waals surface area contributed by atoms with E-state index >= 15 is 0 Å². The lowest BCUT2D eigenvalue weighted by Crippen LogP contribution is -2.53. The number of rotatable bonds is 2. The Morgan fingerprint density at radius 2 is 2.09 bits per heavy atom. The Hall–Kier alpha value is -1.14. The molecule has 2 saturated carbocycles. The molecule has 0 aromatic heterocycles. The summed E-state index contributed by atoms with van der Waals surface area (Å²) in [4.78, 5) is 15.2. The maximum absolute atomic E-state index is 10.9. The minimum atomic E-state index is -0.192. The van der Waals surface area contributed by atoms with Crippen molar-refractivity contribution in [3.05, 3.63) is 23.3 Å². The van der Waals surface area contributed by atoms with Crippen LogP contribution in [0.15, 0.2) is 28.3 Å². The van der Waals surface area contributed by atoms with Gasteiger partial charge in [-0.05, 0) is 67.8 Å². The van der Waals surface area contributed by atoms with Crippen LogP contribution in [0.2, 0.25) is 0 Å². The summed E-state index contributed by atoms with van der Waals surface area (Å²) in [7, 11) is 0. The quantitative estimate of drug-likeness (QED) is 0.508. The molecule has 0 amide bonds. The minimum absolute atomic E-state index is 0.192. The summed E-state index contributed by atoms with van der Waals surface area (Å²) < 4.78 is 0. The molecule has 3 rings (SSSR count). The van der Waals surface area contributed by atoms with Crippen molar-refractivity contribution in [1.29, 1.82) is 0 Å². The van der Waals surface area contributed by atoms with Gasteiger partial charge in [0.15, 0.2) is 0 Å². The molecule has 3 aliphatic rings. The maximum Gasteiger partial charge on any atom is 0.235 e. The van der Waals surface area contributed by atoms with Crippen molar-refractivity contribution in [2.75, 3.05) is 0 Å². The van der Waals surface area contributed by atoms with E-state index in [1.807, 2.05) is 6.08 Å². The Bertz CT molecular complexity index is 566. The highest BCUT2D eigenvalue weighted by Gasteiger charge is 2.55. The van der Waals surface area contributed by atoms with Crippen molar-refractivity contribution in [2.45, 2.75) is 71.8 Å². The van der Waals surface area contributed by atoms with E-state index in [2.05, 4.69) is 44.8 Å². The summed E-state index contributed by atoms with van der Waals surface area (Å²) in [6.45, 7) is 9.22. The molecule has 4 atom stereocenters. The first-order valence-corrected chi connectivity index (χ1v) is 8.90. The van der Waals surface area contributed by atoms with Crippen LogP contribution in [-0.2, 0) is 4.79 Å². The zero-order valence-electron chi connectivity index (χ0n) is 14.5. The third kappa shape index (κ3) is 2.33. The molecule has 0 spiro atoms. The molecule has 0 bridgehead atoms. The van der Waals surface area contributed by atoms with E-state index in [4.69, 9.17) is 0 Å². The van der Waals surface area contributed by atoms with Gasteiger partial charge in [-0.2, -0.15) is 4.99 Å². The third-order valence-corrected chi connectivity index (χ3v) is 6.82. The predicted molar refractivity (Wildman–Crippen MR) is 90.3 cm³/mol. The fourth-order valence-corrected chi connectivity index (χ4v) is 5.61. The van der Waals surface area contributed by atoms with Crippen molar-refractivity contribution < 1.29 is 4.79 Å². The monoisotopic (exact) mass is 299 g/mol. The number of aliphatic imine (C=N–C) groups is 1. The Morgan fingerprint density at radius 1 is 1.32 bits per heavy atom. The van der Waals surface area contributed by atoms with Crippen LogP contribution in [0.1, 0.15) is 66.2 Å². The first-order valence-electron chi connectivity index (χ1n) is 8.90. The molecule has 2 fully saturated rings. The lowest BCUT2D eigenvalue weighted by atomic mass is 9.48. The van der Waals surface area contributed by atoms with Gasteiger partial charge in [-0.25, -0.2) is 4.79 Å². The van der Waals surface area contributed by atoms with E-state index in [0.717, 1.165) is 6.42 Å². The lowest BCUT2D eigenvalue weighted by Gasteiger charge is -2.57. The summed E-state index contributed by atoms with van der Waals surface area (Å²) >= 11 is 0. The van der Waals surface area contributed by atoms with E-state index in [9.17, 15) is 4.79 Å². The standard InChI is InChI=1S/C20H29NO/c1-14(2)15-6-8-17-16(12-15)7-9-18-19(17,3)10-5-11-20(18,4)21-13-22/h6,12,14,17-18H,5,7-11H2,1-4H3/t17-,18-,19+,20+/m0/s1. The molecule has 120 valence electrons. The molecule has 0 saturated heterocycles. The molecule has 0 aliphatic heterocycles. The second kappa shape index (κ2) is 5.49. The van der Waals surface area contributed by atoms with Gasteiger partial charge < -0.3 is 0 Å². The van der Waals surface area contributed by atoms with E-state index in [1.165, 1.54) is 37.7 Å². The number of fused-ring (bicyclic) bond motifs is 3. The molecule has 22 heavy (non-hydrogen) atoms. The van der Waals surface area contributed by atoms with Gasteiger partial charge in [-0.15, -0.1) is 0 Å². The highest BCUT2D eigenvalue weighted by Crippen LogP contribution is 2.61. The number of allylic oxidation sites excluding steroid dienone is 4. The maximum atomic E-state index is 10.9. The number of isocyanates is 1. The van der Waals surface area contributed by atoms with Crippen LogP contribution in [0.25, 0.3) is 0 Å². The highest BCUT2D eigenvalue weighted by atomic mass is 16.1. The molecule has 0 unspecified atom stereocenters. The van der Waals surface area contributed by atoms with Crippen LogP contribution in [0, 0.1) is 23.2 Å². The van der Waals surface area contributed by atoms with E-state index < -0.39 is 0 Å². The SMILES string of the molecule is CC(C)C1=CC[C@H]2C(=C1)CC[C@H]1[C@]2(C)CCC[C@@]1(C)N=C=O. The Morgan fingerprint density at radius 3 is 2.77 bits per heavy atom. The fourth-order valence-electron chi connectivity index (χ4n) is 5.61. The van der Waals surface area contributed by atoms with Crippen molar-refractivity contribution >= 4 is 6.08 Å². The average molecular weight is 299 g/mol. The highest BCUT2D eigenvalue weighted by molar-refractivity contribution is 5.37. The molecule has 0 N–H and O–H groups in total. The normalized spacial score (nSPS) is 41.0. The lowest BCUT2D eigenvalue weighted by molar-refractivity contribution is -0.0170. The summed E-state index contributed by atoms with van der Waals surface area (Å²) in [5.41, 5.74) is 3.26. The molecule has 2 nitrogen and oxygen atoms in total. The predicted octanol–water partition coefficient (Wildman–Crippen LogP) is 5.21. The van der Waals surface area contributed by atoms with E-state index in [0.29, 0.717) is 17.8 Å². The molecule has 2 heteroatoms. The van der Waals surface area contributed by atoms with Gasteiger partial charge >= 0.3 is 0 Å². The Balaban J connectivity index is 1.95. The van der Waals surface area contributed by atoms with Crippen molar-refractivity contribution in [2.24, 2.45) is 28.2 Å². The van der Waals surface area contributed by atoms with Crippen molar-refractivity contribution in [3.63, 3.8) is 0 Å². The van der Waals surface area contributed by atoms with Gasteiger partial charge in [0.05, 0.1) is 5.54 Å². The molecule has 0 heterocycles. The third-order valence-electron chi connectivity index (χ3n) is 6.82. The van der Waals surface area contributed by atoms with Crippen molar-refractivity contribution in [3.8, 4) is 0 Å². The average Bonchev–Trinajstić information content (AvgIpc) is 2.46. The van der Waals surface area contributed by atoms with Crippen LogP contribution in [0.5, 0.6) is 0 Å². The topological polar surface area (TPSA) is 29.4 Å².